The van der Waals surface area contributed by atoms with Gasteiger partial charge in [-0.1, -0.05) is 36.4 Å². The number of aromatic amines is 1. The molecular weight excluding hydrogens is 348 g/mol. The van der Waals surface area contributed by atoms with Crippen LogP contribution in [0.15, 0.2) is 58.1 Å². The molecule has 0 atom stereocenters. The fourth-order valence-electron chi connectivity index (χ4n) is 2.87. The maximum atomic E-state index is 12.3. The lowest BCUT2D eigenvalue weighted by atomic mass is 10.1. The predicted octanol–water partition coefficient (Wildman–Crippen LogP) is 1.90. The van der Waals surface area contributed by atoms with Crippen LogP contribution in [0.2, 0.25) is 0 Å². The molecule has 0 saturated heterocycles. The van der Waals surface area contributed by atoms with Crippen molar-refractivity contribution in [2.24, 2.45) is 0 Å². The van der Waals surface area contributed by atoms with E-state index in [1.807, 2.05) is 30.3 Å². The maximum absolute atomic E-state index is 12.3. The number of H-pyrrole nitrogens is 1. The van der Waals surface area contributed by atoms with Gasteiger partial charge in [0.2, 0.25) is 5.88 Å². The van der Waals surface area contributed by atoms with Gasteiger partial charge in [-0.2, -0.15) is 0 Å². The van der Waals surface area contributed by atoms with Gasteiger partial charge in [-0.25, -0.2) is 4.79 Å². The Morgan fingerprint density at radius 3 is 2.33 bits per heavy atom. The minimum Gasteiger partial charge on any atom is -0.494 e. The van der Waals surface area contributed by atoms with E-state index in [4.69, 9.17) is 9.47 Å². The third-order valence-corrected chi connectivity index (χ3v) is 4.28. The molecular formula is C20H20N2O5. The van der Waals surface area contributed by atoms with E-state index < -0.39 is 11.2 Å². The number of ether oxygens (including phenoxy) is 2. The van der Waals surface area contributed by atoms with Crippen LogP contribution in [0.4, 0.5) is 0 Å². The van der Waals surface area contributed by atoms with Gasteiger partial charge in [0.15, 0.2) is 11.5 Å². The van der Waals surface area contributed by atoms with Crippen LogP contribution in [0.25, 0.3) is 0 Å². The van der Waals surface area contributed by atoms with Crippen molar-refractivity contribution < 1.29 is 14.6 Å². The zero-order valence-electron chi connectivity index (χ0n) is 15.1. The number of hydrogen-bond acceptors (Lipinski definition) is 5. The molecule has 1 heterocycles. The largest absolute Gasteiger partial charge is 0.494 e. The molecule has 3 aromatic rings. The zero-order valence-corrected chi connectivity index (χ0v) is 15.1. The molecule has 0 bridgehead atoms. The fourth-order valence-corrected chi connectivity index (χ4v) is 2.87. The maximum Gasteiger partial charge on any atom is 0.331 e. The van der Waals surface area contributed by atoms with Crippen LogP contribution in [-0.2, 0) is 13.0 Å². The summed E-state index contributed by atoms with van der Waals surface area (Å²) in [6.45, 7) is 0.154. The predicted molar refractivity (Wildman–Crippen MR) is 101 cm³/mol. The molecule has 7 nitrogen and oxygen atoms in total. The highest BCUT2D eigenvalue weighted by atomic mass is 16.5. The highest BCUT2D eigenvalue weighted by molar-refractivity contribution is 5.44. The molecule has 0 aliphatic heterocycles. The molecule has 0 aliphatic rings. The number of hydrogen-bond donors (Lipinski definition) is 2. The van der Waals surface area contributed by atoms with Crippen molar-refractivity contribution in [3.8, 4) is 17.4 Å². The van der Waals surface area contributed by atoms with E-state index in [1.54, 1.807) is 18.2 Å². The van der Waals surface area contributed by atoms with Gasteiger partial charge in [0.1, 0.15) is 0 Å². The fraction of sp³-hybridized carbons (Fsp3) is 0.200. The summed E-state index contributed by atoms with van der Waals surface area (Å²) in [6, 6.07) is 14.4. The SMILES string of the molecule is COc1ccc(Cc2c(O)n(Cc3ccccc3)c(=O)[nH]c2=O)cc1OC. The summed E-state index contributed by atoms with van der Waals surface area (Å²) < 4.78 is 11.6. The van der Waals surface area contributed by atoms with Crippen molar-refractivity contribution in [1.29, 1.82) is 0 Å². The molecule has 0 spiro atoms. The molecule has 0 saturated carbocycles. The molecule has 0 amide bonds. The smallest absolute Gasteiger partial charge is 0.331 e. The van der Waals surface area contributed by atoms with E-state index in [9.17, 15) is 14.7 Å². The molecule has 0 aliphatic carbocycles. The van der Waals surface area contributed by atoms with Crippen LogP contribution in [0.1, 0.15) is 16.7 Å². The van der Waals surface area contributed by atoms with Gasteiger partial charge < -0.3 is 14.6 Å². The van der Waals surface area contributed by atoms with Crippen molar-refractivity contribution in [3.05, 3.63) is 86.1 Å². The third-order valence-electron chi connectivity index (χ3n) is 4.28. The molecule has 3 rings (SSSR count). The lowest BCUT2D eigenvalue weighted by Crippen LogP contribution is -2.32. The Morgan fingerprint density at radius 2 is 1.67 bits per heavy atom. The molecule has 140 valence electrons. The molecule has 0 unspecified atom stereocenters. The number of rotatable bonds is 6. The lowest BCUT2D eigenvalue weighted by Gasteiger charge is -2.13. The van der Waals surface area contributed by atoms with Gasteiger partial charge in [-0.05, 0) is 23.3 Å². The first kappa shape index (κ1) is 18.3. The number of nitrogens with one attached hydrogen (secondary N) is 1. The number of aromatic hydroxyl groups is 1. The zero-order chi connectivity index (χ0) is 19.4. The van der Waals surface area contributed by atoms with Gasteiger partial charge in [0.05, 0.1) is 26.3 Å². The number of methoxy groups -OCH3 is 2. The second kappa shape index (κ2) is 7.82. The van der Waals surface area contributed by atoms with Crippen molar-refractivity contribution >= 4 is 0 Å². The molecule has 0 fully saturated rings. The van der Waals surface area contributed by atoms with Crippen LogP contribution < -0.4 is 20.7 Å². The van der Waals surface area contributed by atoms with Gasteiger partial charge >= 0.3 is 5.69 Å². The van der Waals surface area contributed by atoms with Crippen molar-refractivity contribution in [2.75, 3.05) is 14.2 Å². The van der Waals surface area contributed by atoms with Gasteiger partial charge in [0, 0.05) is 6.42 Å². The summed E-state index contributed by atoms with van der Waals surface area (Å²) in [7, 11) is 3.06. The van der Waals surface area contributed by atoms with Gasteiger partial charge in [-0.3, -0.25) is 14.3 Å². The molecule has 7 heteroatoms. The minimum atomic E-state index is -0.655. The average Bonchev–Trinajstić information content (AvgIpc) is 2.69. The highest BCUT2D eigenvalue weighted by Gasteiger charge is 2.16. The van der Waals surface area contributed by atoms with E-state index >= 15 is 0 Å². The monoisotopic (exact) mass is 368 g/mol. The van der Waals surface area contributed by atoms with Gasteiger partial charge in [-0.15, -0.1) is 0 Å². The highest BCUT2D eigenvalue weighted by Crippen LogP contribution is 2.29. The summed E-state index contributed by atoms with van der Waals surface area (Å²) >= 11 is 0. The summed E-state index contributed by atoms with van der Waals surface area (Å²) in [5, 5.41) is 10.6. The summed E-state index contributed by atoms with van der Waals surface area (Å²) in [5.74, 6) is 0.736. The summed E-state index contributed by atoms with van der Waals surface area (Å²) in [6.07, 6.45) is 0.136. The number of aromatic nitrogens is 2. The van der Waals surface area contributed by atoms with E-state index in [0.29, 0.717) is 11.5 Å². The summed E-state index contributed by atoms with van der Waals surface area (Å²) in [4.78, 5) is 26.7. The van der Waals surface area contributed by atoms with E-state index in [0.717, 1.165) is 15.7 Å². The van der Waals surface area contributed by atoms with Crippen LogP contribution >= 0.6 is 0 Å². The van der Waals surface area contributed by atoms with Crippen LogP contribution in [0, 0.1) is 0 Å². The third kappa shape index (κ3) is 3.87. The molecule has 27 heavy (non-hydrogen) atoms. The minimum absolute atomic E-state index is 0.109. The first-order chi connectivity index (χ1) is 13.0. The Hall–Kier alpha value is -3.48. The average molecular weight is 368 g/mol. The number of benzene rings is 2. The van der Waals surface area contributed by atoms with E-state index in [1.165, 1.54) is 14.2 Å². The lowest BCUT2D eigenvalue weighted by molar-refractivity contribution is 0.354. The quantitative estimate of drug-likeness (QED) is 0.693. The van der Waals surface area contributed by atoms with E-state index in [2.05, 4.69) is 4.98 Å². The molecule has 0 radical (unpaired) electrons. The van der Waals surface area contributed by atoms with Crippen molar-refractivity contribution in [2.45, 2.75) is 13.0 Å². The van der Waals surface area contributed by atoms with E-state index in [-0.39, 0.29) is 24.4 Å². The standard InChI is InChI=1S/C20H20N2O5/c1-26-16-9-8-14(11-17(16)27-2)10-15-18(23)21-20(25)22(19(15)24)12-13-6-4-3-5-7-13/h3-9,11,24H,10,12H2,1-2H3,(H,21,23,25). The Bertz CT molecular complexity index is 1050. The Morgan fingerprint density at radius 1 is 0.963 bits per heavy atom. The van der Waals surface area contributed by atoms with Crippen molar-refractivity contribution in [3.63, 3.8) is 0 Å². The Labute approximate surface area is 155 Å². The Kier molecular flexibility index (Phi) is 5.30. The van der Waals surface area contributed by atoms with Crippen LogP contribution in [0.3, 0.4) is 0 Å². The summed E-state index contributed by atoms with van der Waals surface area (Å²) in [5.41, 5.74) is 0.407. The van der Waals surface area contributed by atoms with Gasteiger partial charge in [0.25, 0.3) is 5.56 Å². The second-order valence-electron chi connectivity index (χ2n) is 6.00. The van der Waals surface area contributed by atoms with Crippen LogP contribution in [-0.4, -0.2) is 28.9 Å². The molecule has 2 N–H and O–H groups in total. The first-order valence-electron chi connectivity index (χ1n) is 8.33. The first-order valence-corrected chi connectivity index (χ1v) is 8.33. The normalized spacial score (nSPS) is 10.6. The second-order valence-corrected chi connectivity index (χ2v) is 6.00. The number of nitrogens with zero attached hydrogens (tertiary/aromatic N) is 1. The van der Waals surface area contributed by atoms with Crippen molar-refractivity contribution in [1.82, 2.24) is 9.55 Å². The molecule has 2 aromatic carbocycles. The molecule has 1 aromatic heterocycles. The van der Waals surface area contributed by atoms with Crippen LogP contribution in [0.5, 0.6) is 17.4 Å². The Balaban J connectivity index is 2.00. The topological polar surface area (TPSA) is 93.5 Å².